The second kappa shape index (κ2) is 4.83. The van der Waals surface area contributed by atoms with Gasteiger partial charge >= 0.3 is 0 Å². The van der Waals surface area contributed by atoms with E-state index in [0.717, 1.165) is 31.6 Å². The van der Waals surface area contributed by atoms with Crippen molar-refractivity contribution in [3.63, 3.8) is 0 Å². The Kier molecular flexibility index (Phi) is 3.02. The minimum atomic E-state index is -0.260. The number of aryl methyl sites for hydroxylation is 1. The first-order chi connectivity index (χ1) is 9.25. The van der Waals surface area contributed by atoms with Crippen LogP contribution < -0.4 is 5.32 Å². The molecule has 7 heteroatoms. The molecular weight excluding hydrogens is 244 g/mol. The van der Waals surface area contributed by atoms with Crippen molar-refractivity contribution in [2.75, 3.05) is 6.54 Å². The highest BCUT2D eigenvalue weighted by atomic mass is 16.2. The van der Waals surface area contributed by atoms with Crippen LogP contribution in [0.1, 0.15) is 25.3 Å². The summed E-state index contributed by atoms with van der Waals surface area (Å²) in [6.45, 7) is 0.746. The van der Waals surface area contributed by atoms with E-state index in [4.69, 9.17) is 0 Å². The summed E-state index contributed by atoms with van der Waals surface area (Å²) in [4.78, 5) is 16.2. The normalized spacial score (nSPS) is 20.1. The van der Waals surface area contributed by atoms with Crippen molar-refractivity contribution >= 4 is 5.91 Å². The van der Waals surface area contributed by atoms with E-state index in [0.29, 0.717) is 5.69 Å². The Bertz CT molecular complexity index is 587. The summed E-state index contributed by atoms with van der Waals surface area (Å²) < 4.78 is 3.52. The first-order valence-corrected chi connectivity index (χ1v) is 6.43. The van der Waals surface area contributed by atoms with Gasteiger partial charge in [-0.25, -0.2) is 9.67 Å². The van der Waals surface area contributed by atoms with Gasteiger partial charge in [0.05, 0.1) is 6.20 Å². The van der Waals surface area contributed by atoms with Crippen LogP contribution in [-0.2, 0) is 11.8 Å². The van der Waals surface area contributed by atoms with Gasteiger partial charge < -0.3 is 9.88 Å². The van der Waals surface area contributed by atoms with Gasteiger partial charge in [-0.15, -0.1) is 5.10 Å². The molecule has 100 valence electrons. The number of rotatable bonds is 2. The smallest absolute Gasteiger partial charge is 0.244 e. The standard InChI is InChI=1S/C12H16N6O/c1-17-7-6-13-11(17)9-8-18(16-15-9)10-4-2-3-5-14-12(10)19/h6-8,10H,2-5H2,1H3,(H,14,19)/t10-/m0/s1. The number of nitrogens with one attached hydrogen (secondary N) is 1. The first-order valence-electron chi connectivity index (χ1n) is 6.43. The molecule has 0 aliphatic carbocycles. The Hall–Kier alpha value is -2.18. The van der Waals surface area contributed by atoms with Gasteiger partial charge in [0, 0.05) is 26.0 Å². The molecule has 0 bridgehead atoms. The summed E-state index contributed by atoms with van der Waals surface area (Å²) in [5, 5.41) is 11.1. The second-order valence-corrected chi connectivity index (χ2v) is 4.75. The third kappa shape index (κ3) is 2.23. The number of aromatic nitrogens is 5. The molecule has 1 aliphatic heterocycles. The molecule has 1 fully saturated rings. The van der Waals surface area contributed by atoms with Crippen LogP contribution in [0.15, 0.2) is 18.6 Å². The van der Waals surface area contributed by atoms with Crippen LogP contribution in [0.2, 0.25) is 0 Å². The highest BCUT2D eigenvalue weighted by Gasteiger charge is 2.24. The fourth-order valence-electron chi connectivity index (χ4n) is 2.32. The maximum Gasteiger partial charge on any atom is 0.244 e. The maximum atomic E-state index is 12.0. The van der Waals surface area contributed by atoms with Gasteiger partial charge in [-0.3, -0.25) is 4.79 Å². The van der Waals surface area contributed by atoms with Gasteiger partial charge in [0.2, 0.25) is 5.91 Å². The highest BCUT2D eigenvalue weighted by molar-refractivity contribution is 5.80. The van der Waals surface area contributed by atoms with E-state index in [1.54, 1.807) is 17.1 Å². The molecule has 0 saturated carbocycles. The molecule has 0 radical (unpaired) electrons. The summed E-state index contributed by atoms with van der Waals surface area (Å²) in [6.07, 6.45) is 8.19. The average Bonchev–Trinajstić information content (AvgIpc) is 2.97. The van der Waals surface area contributed by atoms with E-state index in [1.165, 1.54) is 0 Å². The van der Waals surface area contributed by atoms with E-state index in [9.17, 15) is 4.79 Å². The highest BCUT2D eigenvalue weighted by Crippen LogP contribution is 2.20. The molecule has 0 spiro atoms. The lowest BCUT2D eigenvalue weighted by atomic mass is 10.1. The Balaban J connectivity index is 1.88. The summed E-state index contributed by atoms with van der Waals surface area (Å²) in [5.74, 6) is 0.772. The molecule has 1 aliphatic rings. The zero-order valence-corrected chi connectivity index (χ0v) is 10.8. The van der Waals surface area contributed by atoms with Gasteiger partial charge in [-0.05, 0) is 19.3 Å². The monoisotopic (exact) mass is 260 g/mol. The van der Waals surface area contributed by atoms with Crippen molar-refractivity contribution in [3.05, 3.63) is 18.6 Å². The lowest BCUT2D eigenvalue weighted by Gasteiger charge is -2.12. The quantitative estimate of drug-likeness (QED) is 0.854. The Morgan fingerprint density at radius 3 is 3.11 bits per heavy atom. The van der Waals surface area contributed by atoms with Crippen LogP contribution in [0.25, 0.3) is 11.5 Å². The van der Waals surface area contributed by atoms with Gasteiger partial charge in [-0.2, -0.15) is 0 Å². The van der Waals surface area contributed by atoms with Crippen molar-refractivity contribution in [3.8, 4) is 11.5 Å². The molecule has 1 amide bonds. The van der Waals surface area contributed by atoms with E-state index in [2.05, 4.69) is 20.6 Å². The SMILES string of the molecule is Cn1ccnc1-c1cn([C@H]2CCCCNC2=O)nn1. The zero-order chi connectivity index (χ0) is 13.2. The van der Waals surface area contributed by atoms with Crippen LogP contribution in [0.3, 0.4) is 0 Å². The number of imidazole rings is 1. The average molecular weight is 260 g/mol. The number of hydrogen-bond donors (Lipinski definition) is 1. The maximum absolute atomic E-state index is 12.0. The molecule has 2 aromatic rings. The van der Waals surface area contributed by atoms with E-state index in [1.807, 2.05) is 17.8 Å². The Morgan fingerprint density at radius 1 is 1.42 bits per heavy atom. The van der Waals surface area contributed by atoms with Crippen molar-refractivity contribution in [2.24, 2.45) is 7.05 Å². The van der Waals surface area contributed by atoms with Crippen molar-refractivity contribution in [1.82, 2.24) is 29.9 Å². The summed E-state index contributed by atoms with van der Waals surface area (Å²) >= 11 is 0. The predicted molar refractivity (Wildman–Crippen MR) is 68.1 cm³/mol. The number of nitrogens with zero attached hydrogens (tertiary/aromatic N) is 5. The fraction of sp³-hybridized carbons (Fsp3) is 0.500. The zero-order valence-electron chi connectivity index (χ0n) is 10.8. The molecule has 7 nitrogen and oxygen atoms in total. The topological polar surface area (TPSA) is 77.6 Å². The van der Waals surface area contributed by atoms with Crippen molar-refractivity contribution in [2.45, 2.75) is 25.3 Å². The molecule has 0 aromatic carbocycles. The molecule has 0 unspecified atom stereocenters. The number of carbonyl (C=O) groups excluding carboxylic acids is 1. The lowest BCUT2D eigenvalue weighted by molar-refractivity contribution is -0.124. The molecule has 19 heavy (non-hydrogen) atoms. The molecular formula is C12H16N6O. The number of carbonyl (C=O) groups is 1. The van der Waals surface area contributed by atoms with Crippen molar-refractivity contribution < 1.29 is 4.79 Å². The molecule has 1 N–H and O–H groups in total. The second-order valence-electron chi connectivity index (χ2n) is 4.75. The summed E-state index contributed by atoms with van der Waals surface area (Å²) in [5.41, 5.74) is 0.685. The van der Waals surface area contributed by atoms with Gasteiger partial charge in [0.15, 0.2) is 5.82 Å². The third-order valence-corrected chi connectivity index (χ3v) is 3.39. The van der Waals surface area contributed by atoms with E-state index < -0.39 is 0 Å². The van der Waals surface area contributed by atoms with Crippen LogP contribution in [0.5, 0.6) is 0 Å². The predicted octanol–water partition coefficient (Wildman–Crippen LogP) is 0.520. The number of hydrogen-bond acceptors (Lipinski definition) is 4. The fourth-order valence-corrected chi connectivity index (χ4v) is 2.32. The minimum Gasteiger partial charge on any atom is -0.354 e. The van der Waals surface area contributed by atoms with E-state index >= 15 is 0 Å². The third-order valence-electron chi connectivity index (χ3n) is 3.39. The lowest BCUT2D eigenvalue weighted by Crippen LogP contribution is -2.31. The van der Waals surface area contributed by atoms with E-state index in [-0.39, 0.29) is 11.9 Å². The molecule has 2 aromatic heterocycles. The van der Waals surface area contributed by atoms with Gasteiger partial charge in [0.1, 0.15) is 11.7 Å². The molecule has 3 heterocycles. The Labute approximate surface area is 110 Å². The van der Waals surface area contributed by atoms with Crippen molar-refractivity contribution in [1.29, 1.82) is 0 Å². The van der Waals surface area contributed by atoms with Gasteiger partial charge in [0.25, 0.3) is 0 Å². The van der Waals surface area contributed by atoms with Crippen LogP contribution in [0.4, 0.5) is 0 Å². The Morgan fingerprint density at radius 2 is 2.32 bits per heavy atom. The summed E-state index contributed by atoms with van der Waals surface area (Å²) in [6, 6.07) is -0.260. The molecule has 1 saturated heterocycles. The van der Waals surface area contributed by atoms with Gasteiger partial charge in [-0.1, -0.05) is 5.21 Å². The largest absolute Gasteiger partial charge is 0.354 e. The number of amides is 1. The van der Waals surface area contributed by atoms with Crippen LogP contribution in [0, 0.1) is 0 Å². The first kappa shape index (κ1) is 11.9. The summed E-state index contributed by atoms with van der Waals surface area (Å²) in [7, 11) is 1.90. The molecule has 3 rings (SSSR count). The minimum absolute atomic E-state index is 0.0220. The molecule has 1 atom stereocenters. The van der Waals surface area contributed by atoms with Crippen LogP contribution >= 0.6 is 0 Å². The van der Waals surface area contributed by atoms with Crippen LogP contribution in [-0.4, -0.2) is 37.0 Å².